The van der Waals surface area contributed by atoms with Crippen LogP contribution in [-0.4, -0.2) is 34.9 Å². The SMILES string of the molecule is CCCC(O)(CC(=O)OC=O)C(CC)CO. The van der Waals surface area contributed by atoms with E-state index in [-0.39, 0.29) is 25.4 Å². The second kappa shape index (κ2) is 7.35. The molecule has 2 N–H and O–H groups in total. The maximum atomic E-state index is 11.2. The number of ether oxygens (including phenoxy) is 1. The molecule has 0 aromatic heterocycles. The third-order valence-corrected chi connectivity index (χ3v) is 2.79. The van der Waals surface area contributed by atoms with Gasteiger partial charge in [0.1, 0.15) is 0 Å². The summed E-state index contributed by atoms with van der Waals surface area (Å²) in [5, 5.41) is 19.4. The largest absolute Gasteiger partial charge is 0.396 e. The third kappa shape index (κ3) is 4.28. The molecule has 5 heteroatoms. The van der Waals surface area contributed by atoms with Gasteiger partial charge in [-0.25, -0.2) is 0 Å². The molecule has 2 atom stereocenters. The highest BCUT2D eigenvalue weighted by molar-refractivity contribution is 5.77. The Morgan fingerprint density at radius 3 is 2.50 bits per heavy atom. The van der Waals surface area contributed by atoms with E-state index >= 15 is 0 Å². The molecule has 0 aliphatic carbocycles. The van der Waals surface area contributed by atoms with Crippen molar-refractivity contribution in [1.82, 2.24) is 0 Å². The fourth-order valence-corrected chi connectivity index (χ4v) is 1.89. The van der Waals surface area contributed by atoms with Crippen LogP contribution in [-0.2, 0) is 14.3 Å². The lowest BCUT2D eigenvalue weighted by Crippen LogP contribution is -2.42. The number of carbonyl (C=O) groups is 2. The van der Waals surface area contributed by atoms with Crippen LogP contribution >= 0.6 is 0 Å². The van der Waals surface area contributed by atoms with Crippen LogP contribution in [0.15, 0.2) is 0 Å². The molecule has 2 unspecified atom stereocenters. The van der Waals surface area contributed by atoms with E-state index in [1.807, 2.05) is 13.8 Å². The van der Waals surface area contributed by atoms with Crippen LogP contribution < -0.4 is 0 Å². The summed E-state index contributed by atoms with van der Waals surface area (Å²) < 4.78 is 4.16. The minimum absolute atomic E-state index is 0.0502. The predicted molar refractivity (Wildman–Crippen MR) is 57.5 cm³/mol. The van der Waals surface area contributed by atoms with E-state index in [0.717, 1.165) is 0 Å². The average Bonchev–Trinajstić information content (AvgIpc) is 2.19. The minimum Gasteiger partial charge on any atom is -0.396 e. The van der Waals surface area contributed by atoms with Gasteiger partial charge >= 0.3 is 12.4 Å². The Balaban J connectivity index is 4.65. The van der Waals surface area contributed by atoms with Crippen LogP contribution in [0.25, 0.3) is 0 Å². The summed E-state index contributed by atoms with van der Waals surface area (Å²) in [6.07, 6.45) is 1.36. The lowest BCUT2D eigenvalue weighted by atomic mass is 9.80. The first kappa shape index (κ1) is 15.1. The molecule has 0 aromatic carbocycles. The van der Waals surface area contributed by atoms with Crippen LogP contribution in [0.2, 0.25) is 0 Å². The summed E-state index contributed by atoms with van der Waals surface area (Å²) in [5.41, 5.74) is -1.29. The number of esters is 1. The zero-order valence-corrected chi connectivity index (χ0v) is 9.81. The highest BCUT2D eigenvalue weighted by atomic mass is 16.6. The number of aliphatic hydroxyl groups excluding tert-OH is 1. The molecule has 0 heterocycles. The molecule has 16 heavy (non-hydrogen) atoms. The summed E-state index contributed by atoms with van der Waals surface area (Å²) in [5.74, 6) is -1.15. The zero-order valence-electron chi connectivity index (χ0n) is 9.81. The van der Waals surface area contributed by atoms with Gasteiger partial charge in [0.05, 0.1) is 12.0 Å². The molecule has 5 nitrogen and oxygen atoms in total. The Bertz CT molecular complexity index is 224. The van der Waals surface area contributed by atoms with Crippen LogP contribution in [0.1, 0.15) is 39.5 Å². The van der Waals surface area contributed by atoms with Gasteiger partial charge in [-0.15, -0.1) is 0 Å². The maximum absolute atomic E-state index is 11.2. The van der Waals surface area contributed by atoms with E-state index in [1.165, 1.54) is 0 Å². The molecule has 0 saturated carbocycles. The molecular formula is C11H20O5. The van der Waals surface area contributed by atoms with E-state index in [9.17, 15) is 14.7 Å². The van der Waals surface area contributed by atoms with E-state index in [4.69, 9.17) is 5.11 Å². The van der Waals surface area contributed by atoms with Crippen LogP contribution in [0.3, 0.4) is 0 Å². The molecular weight excluding hydrogens is 212 g/mol. The quantitative estimate of drug-likeness (QED) is 0.364. The molecule has 0 aliphatic rings. The Hall–Kier alpha value is -0.940. The fraction of sp³-hybridized carbons (Fsp3) is 0.818. The van der Waals surface area contributed by atoms with Crippen molar-refractivity contribution in [2.45, 2.75) is 45.1 Å². The van der Waals surface area contributed by atoms with E-state index in [1.54, 1.807) is 0 Å². The topological polar surface area (TPSA) is 83.8 Å². The predicted octanol–water partition coefficient (Wildman–Crippen LogP) is 0.626. The van der Waals surface area contributed by atoms with Gasteiger partial charge < -0.3 is 14.9 Å². The first-order chi connectivity index (χ1) is 7.53. The Kier molecular flexibility index (Phi) is 6.92. The van der Waals surface area contributed by atoms with Crippen molar-refractivity contribution < 1.29 is 24.5 Å². The number of aliphatic hydroxyl groups is 2. The molecule has 0 saturated heterocycles. The molecule has 0 aliphatic heterocycles. The molecule has 94 valence electrons. The number of carbonyl (C=O) groups excluding carboxylic acids is 2. The van der Waals surface area contributed by atoms with E-state index in [2.05, 4.69) is 4.74 Å². The standard InChI is InChI=1S/C11H20O5/c1-3-5-11(15,9(4-2)7-12)6-10(14)16-8-13/h8-9,12,15H,3-7H2,1-2H3. The van der Waals surface area contributed by atoms with Crippen molar-refractivity contribution in [2.24, 2.45) is 5.92 Å². The number of hydrogen-bond donors (Lipinski definition) is 2. The smallest absolute Gasteiger partial charge is 0.316 e. The van der Waals surface area contributed by atoms with Crippen LogP contribution in [0.4, 0.5) is 0 Å². The van der Waals surface area contributed by atoms with Gasteiger partial charge in [-0.2, -0.15) is 0 Å². The van der Waals surface area contributed by atoms with Crippen molar-refractivity contribution in [3.8, 4) is 0 Å². The lowest BCUT2D eigenvalue weighted by Gasteiger charge is -2.33. The Morgan fingerprint density at radius 1 is 1.50 bits per heavy atom. The summed E-state index contributed by atoms with van der Waals surface area (Å²) in [7, 11) is 0. The van der Waals surface area contributed by atoms with Gasteiger partial charge in [0.25, 0.3) is 0 Å². The van der Waals surface area contributed by atoms with Gasteiger partial charge in [-0.1, -0.05) is 20.3 Å². The monoisotopic (exact) mass is 232 g/mol. The molecule has 0 fully saturated rings. The summed E-state index contributed by atoms with van der Waals surface area (Å²) in [6, 6.07) is 0. The Morgan fingerprint density at radius 2 is 2.12 bits per heavy atom. The normalized spacial score (nSPS) is 16.2. The van der Waals surface area contributed by atoms with Gasteiger partial charge in [-0.05, 0) is 12.8 Å². The van der Waals surface area contributed by atoms with Gasteiger partial charge in [0, 0.05) is 12.5 Å². The number of hydrogen-bond acceptors (Lipinski definition) is 5. The van der Waals surface area contributed by atoms with Gasteiger partial charge in [0.2, 0.25) is 0 Å². The molecule has 0 rings (SSSR count). The molecule has 0 bridgehead atoms. The van der Waals surface area contributed by atoms with Crippen molar-refractivity contribution >= 4 is 12.4 Å². The highest BCUT2D eigenvalue weighted by Crippen LogP contribution is 2.29. The molecule has 0 spiro atoms. The van der Waals surface area contributed by atoms with Crippen molar-refractivity contribution in [1.29, 1.82) is 0 Å². The summed E-state index contributed by atoms with van der Waals surface area (Å²) in [4.78, 5) is 21.2. The summed E-state index contributed by atoms with van der Waals surface area (Å²) >= 11 is 0. The van der Waals surface area contributed by atoms with Crippen molar-refractivity contribution in [3.63, 3.8) is 0 Å². The van der Waals surface area contributed by atoms with Crippen molar-refractivity contribution in [2.75, 3.05) is 6.61 Å². The second-order valence-corrected chi connectivity index (χ2v) is 3.90. The van der Waals surface area contributed by atoms with Gasteiger partial charge in [-0.3, -0.25) is 9.59 Å². The zero-order chi connectivity index (χ0) is 12.6. The van der Waals surface area contributed by atoms with E-state index in [0.29, 0.717) is 19.3 Å². The first-order valence-corrected chi connectivity index (χ1v) is 5.50. The summed E-state index contributed by atoms with van der Waals surface area (Å²) in [6.45, 7) is 3.56. The number of rotatable bonds is 8. The highest BCUT2D eigenvalue weighted by Gasteiger charge is 2.37. The Labute approximate surface area is 95.4 Å². The average molecular weight is 232 g/mol. The van der Waals surface area contributed by atoms with Crippen LogP contribution in [0.5, 0.6) is 0 Å². The maximum Gasteiger partial charge on any atom is 0.316 e. The third-order valence-electron chi connectivity index (χ3n) is 2.79. The molecule has 0 amide bonds. The second-order valence-electron chi connectivity index (χ2n) is 3.90. The molecule has 0 aromatic rings. The molecule has 0 radical (unpaired) electrons. The first-order valence-electron chi connectivity index (χ1n) is 5.50. The van der Waals surface area contributed by atoms with Gasteiger partial charge in [0.15, 0.2) is 0 Å². The minimum atomic E-state index is -1.29. The lowest BCUT2D eigenvalue weighted by molar-refractivity contribution is -0.158. The van der Waals surface area contributed by atoms with E-state index < -0.39 is 11.6 Å². The van der Waals surface area contributed by atoms with Crippen LogP contribution in [0, 0.1) is 5.92 Å². The fourth-order valence-electron chi connectivity index (χ4n) is 1.89. The van der Waals surface area contributed by atoms with Crippen molar-refractivity contribution in [3.05, 3.63) is 0 Å².